The van der Waals surface area contributed by atoms with E-state index in [4.69, 9.17) is 21.3 Å². The van der Waals surface area contributed by atoms with Crippen LogP contribution in [0.15, 0.2) is 30.3 Å². The molecule has 142 valence electrons. The molecular formula is C22H25ClN2O2. The number of carbonyl (C=O) groups is 1. The summed E-state index contributed by atoms with van der Waals surface area (Å²) in [6, 6.07) is 10.4. The van der Waals surface area contributed by atoms with Crippen molar-refractivity contribution in [3.05, 3.63) is 63.4 Å². The second-order valence-electron chi connectivity index (χ2n) is 7.54. The lowest BCUT2D eigenvalue weighted by Crippen LogP contribution is -2.49. The first-order chi connectivity index (χ1) is 13.0. The maximum absolute atomic E-state index is 12.3. The fourth-order valence-corrected chi connectivity index (χ4v) is 4.65. The van der Waals surface area contributed by atoms with Gasteiger partial charge in [-0.05, 0) is 69.0 Å². The summed E-state index contributed by atoms with van der Waals surface area (Å²) in [6.45, 7) is 4.98. The molecule has 0 spiro atoms. The van der Waals surface area contributed by atoms with E-state index in [0.717, 1.165) is 47.8 Å². The van der Waals surface area contributed by atoms with Gasteiger partial charge >= 0.3 is 5.97 Å². The Balaban J connectivity index is 1.75. The first kappa shape index (κ1) is 18.5. The van der Waals surface area contributed by atoms with Gasteiger partial charge in [-0.2, -0.15) is 0 Å². The fourth-order valence-electron chi connectivity index (χ4n) is 4.52. The molecular weight excluding hydrogens is 360 g/mol. The van der Waals surface area contributed by atoms with Crippen LogP contribution in [0.2, 0.25) is 5.02 Å². The molecule has 27 heavy (non-hydrogen) atoms. The summed E-state index contributed by atoms with van der Waals surface area (Å²) in [6.07, 6.45) is 4.36. The number of nitrogens with zero attached hydrogens (tertiary/aromatic N) is 1. The van der Waals surface area contributed by atoms with Crippen LogP contribution < -0.4 is 5.32 Å². The molecule has 2 aromatic rings. The van der Waals surface area contributed by atoms with Gasteiger partial charge in [0.15, 0.2) is 0 Å². The Labute approximate surface area is 165 Å². The van der Waals surface area contributed by atoms with Crippen LogP contribution in [0, 0.1) is 6.92 Å². The SMILES string of the molecule is CCOC(=O)c1cc2c(nc1C)C(C1(c3ccc(Cl)cc3)CCC1)NCC2. The summed E-state index contributed by atoms with van der Waals surface area (Å²) in [4.78, 5) is 17.2. The Hall–Kier alpha value is -1.91. The molecule has 1 aliphatic carbocycles. The summed E-state index contributed by atoms with van der Waals surface area (Å²) < 4.78 is 5.20. The average molecular weight is 385 g/mol. The Morgan fingerprint density at radius 3 is 2.70 bits per heavy atom. The number of rotatable bonds is 4. The van der Waals surface area contributed by atoms with Gasteiger partial charge in [0.2, 0.25) is 0 Å². The van der Waals surface area contributed by atoms with Gasteiger partial charge in [0.25, 0.3) is 0 Å². The van der Waals surface area contributed by atoms with Crippen LogP contribution in [0.1, 0.15) is 65.1 Å². The van der Waals surface area contributed by atoms with Crippen LogP contribution in [0.4, 0.5) is 0 Å². The average Bonchev–Trinajstić information content (AvgIpc) is 2.62. The minimum atomic E-state index is -0.281. The number of aromatic nitrogens is 1. The van der Waals surface area contributed by atoms with Gasteiger partial charge in [-0.3, -0.25) is 4.98 Å². The maximum atomic E-state index is 12.3. The minimum Gasteiger partial charge on any atom is -0.462 e. The van der Waals surface area contributed by atoms with Crippen molar-refractivity contribution in [2.75, 3.05) is 13.2 Å². The number of hydrogen-bond donors (Lipinski definition) is 1. The largest absolute Gasteiger partial charge is 0.462 e. The number of benzene rings is 1. The number of halogens is 1. The molecule has 1 aromatic carbocycles. The van der Waals surface area contributed by atoms with E-state index in [1.54, 1.807) is 0 Å². The van der Waals surface area contributed by atoms with Crippen molar-refractivity contribution >= 4 is 17.6 Å². The molecule has 0 bridgehead atoms. The number of pyridine rings is 1. The van der Waals surface area contributed by atoms with Gasteiger partial charge in [-0.25, -0.2) is 4.79 Å². The molecule has 1 unspecified atom stereocenters. The van der Waals surface area contributed by atoms with Crippen molar-refractivity contribution in [1.29, 1.82) is 0 Å². The highest BCUT2D eigenvalue weighted by Gasteiger charge is 2.48. The van der Waals surface area contributed by atoms with Crippen molar-refractivity contribution in [2.24, 2.45) is 0 Å². The Kier molecular flexibility index (Phi) is 4.95. The van der Waals surface area contributed by atoms with Gasteiger partial charge in [0.05, 0.1) is 29.6 Å². The first-order valence-corrected chi connectivity index (χ1v) is 10.1. The molecule has 1 aliphatic heterocycles. The highest BCUT2D eigenvalue weighted by atomic mass is 35.5. The van der Waals surface area contributed by atoms with Crippen LogP contribution >= 0.6 is 11.6 Å². The molecule has 0 amide bonds. The lowest BCUT2D eigenvalue weighted by atomic mass is 9.58. The molecule has 0 saturated heterocycles. The summed E-state index contributed by atoms with van der Waals surface area (Å²) in [5, 5.41) is 4.48. The number of aryl methyl sites for hydroxylation is 1. The zero-order chi connectivity index (χ0) is 19.0. The van der Waals surface area contributed by atoms with Gasteiger partial charge in [-0.1, -0.05) is 30.2 Å². The van der Waals surface area contributed by atoms with Crippen LogP contribution in [0.3, 0.4) is 0 Å². The minimum absolute atomic E-state index is 0.0463. The number of ether oxygens (including phenoxy) is 1. The molecule has 1 N–H and O–H groups in total. The summed E-state index contributed by atoms with van der Waals surface area (Å²) in [5.74, 6) is -0.281. The molecule has 4 rings (SSSR count). The standard InChI is InChI=1S/C22H25ClN2O2/c1-3-27-21(26)18-13-15-9-12-24-20(19(15)25-14(18)2)22(10-4-11-22)16-5-7-17(23)8-6-16/h5-8,13,20,24H,3-4,9-12H2,1-2H3. The van der Waals surface area contributed by atoms with Crippen molar-refractivity contribution in [3.8, 4) is 0 Å². The van der Waals surface area contributed by atoms with E-state index in [1.807, 2.05) is 32.0 Å². The van der Waals surface area contributed by atoms with Gasteiger partial charge in [-0.15, -0.1) is 0 Å². The molecule has 4 nitrogen and oxygen atoms in total. The summed E-state index contributed by atoms with van der Waals surface area (Å²) in [5.41, 5.74) is 4.94. The molecule has 5 heteroatoms. The maximum Gasteiger partial charge on any atom is 0.339 e. The van der Waals surface area contributed by atoms with Crippen LogP contribution in [-0.4, -0.2) is 24.1 Å². The van der Waals surface area contributed by atoms with Gasteiger partial charge < -0.3 is 10.1 Å². The predicted octanol–water partition coefficient (Wildman–Crippen LogP) is 4.53. The van der Waals surface area contributed by atoms with Crippen molar-refractivity contribution < 1.29 is 9.53 Å². The number of carbonyl (C=O) groups excluding carboxylic acids is 1. The monoisotopic (exact) mass is 384 g/mol. The predicted molar refractivity (Wildman–Crippen MR) is 106 cm³/mol. The first-order valence-electron chi connectivity index (χ1n) is 9.72. The van der Waals surface area contributed by atoms with Crippen molar-refractivity contribution in [3.63, 3.8) is 0 Å². The topological polar surface area (TPSA) is 51.2 Å². The molecule has 1 fully saturated rings. The van der Waals surface area contributed by atoms with E-state index < -0.39 is 0 Å². The molecule has 2 heterocycles. The van der Waals surface area contributed by atoms with E-state index in [9.17, 15) is 4.79 Å². The lowest BCUT2D eigenvalue weighted by molar-refractivity contribution is 0.0524. The van der Waals surface area contributed by atoms with E-state index in [0.29, 0.717) is 12.2 Å². The summed E-state index contributed by atoms with van der Waals surface area (Å²) >= 11 is 6.11. The third-order valence-electron chi connectivity index (χ3n) is 6.05. The fraction of sp³-hybridized carbons (Fsp3) is 0.455. The van der Waals surface area contributed by atoms with E-state index in [1.165, 1.54) is 12.0 Å². The van der Waals surface area contributed by atoms with E-state index in [-0.39, 0.29) is 17.4 Å². The molecule has 1 atom stereocenters. The molecule has 2 aliphatic rings. The van der Waals surface area contributed by atoms with Gasteiger partial charge in [0.1, 0.15) is 0 Å². The second-order valence-corrected chi connectivity index (χ2v) is 7.98. The number of nitrogens with one attached hydrogen (secondary N) is 1. The normalized spacial score (nSPS) is 20.5. The smallest absolute Gasteiger partial charge is 0.339 e. The van der Waals surface area contributed by atoms with E-state index in [2.05, 4.69) is 17.4 Å². The quantitative estimate of drug-likeness (QED) is 0.787. The lowest BCUT2D eigenvalue weighted by Gasteiger charge is -2.50. The van der Waals surface area contributed by atoms with Crippen molar-refractivity contribution in [1.82, 2.24) is 10.3 Å². The second kappa shape index (κ2) is 7.25. The van der Waals surface area contributed by atoms with Crippen LogP contribution in [0.25, 0.3) is 0 Å². The zero-order valence-electron chi connectivity index (χ0n) is 15.8. The van der Waals surface area contributed by atoms with E-state index >= 15 is 0 Å². The molecule has 1 saturated carbocycles. The summed E-state index contributed by atoms with van der Waals surface area (Å²) in [7, 11) is 0. The number of hydrogen-bond acceptors (Lipinski definition) is 4. The third-order valence-corrected chi connectivity index (χ3v) is 6.31. The number of fused-ring (bicyclic) bond motifs is 1. The third kappa shape index (κ3) is 3.15. The van der Waals surface area contributed by atoms with Crippen molar-refractivity contribution in [2.45, 2.75) is 51.0 Å². The Morgan fingerprint density at radius 1 is 1.33 bits per heavy atom. The Morgan fingerprint density at radius 2 is 2.07 bits per heavy atom. The van der Waals surface area contributed by atoms with Crippen LogP contribution in [-0.2, 0) is 16.6 Å². The van der Waals surface area contributed by atoms with Gasteiger partial charge in [0, 0.05) is 10.4 Å². The molecule has 0 radical (unpaired) electrons. The highest BCUT2D eigenvalue weighted by molar-refractivity contribution is 6.30. The Bertz CT molecular complexity index is 859. The zero-order valence-corrected chi connectivity index (χ0v) is 16.6. The van der Waals surface area contributed by atoms with Crippen LogP contribution in [0.5, 0.6) is 0 Å². The highest BCUT2D eigenvalue weighted by Crippen LogP contribution is 2.53. The molecule has 1 aromatic heterocycles. The number of esters is 1.